The van der Waals surface area contributed by atoms with Crippen LogP contribution in [-0.4, -0.2) is 37.2 Å². The maximum atomic E-state index is 12.6. The van der Waals surface area contributed by atoms with Gasteiger partial charge in [0.05, 0.1) is 25.9 Å². The molecule has 1 unspecified atom stereocenters. The molecule has 1 atom stereocenters. The van der Waals surface area contributed by atoms with Crippen molar-refractivity contribution in [3.8, 4) is 5.75 Å². The maximum absolute atomic E-state index is 12.6. The number of benzene rings is 2. The number of carbonyl (C=O) groups is 1. The first-order valence-corrected chi connectivity index (χ1v) is 8.44. The van der Waals surface area contributed by atoms with E-state index in [1.165, 1.54) is 0 Å². The lowest BCUT2D eigenvalue weighted by molar-refractivity contribution is -0.140. The summed E-state index contributed by atoms with van der Waals surface area (Å²) in [6.07, 6.45) is 1.21. The third-order valence-electron chi connectivity index (χ3n) is 4.18. The first kappa shape index (κ1) is 16.5. The number of hydrogen-bond acceptors (Lipinski definition) is 3. The summed E-state index contributed by atoms with van der Waals surface area (Å²) in [4.78, 5) is 14.6. The van der Waals surface area contributed by atoms with E-state index in [1.54, 1.807) is 0 Å². The molecule has 4 heteroatoms. The molecule has 0 bridgehead atoms. The fraction of sp³-hybridized carbons (Fsp3) is 0.350. The molecule has 0 radical (unpaired) electrons. The third-order valence-corrected chi connectivity index (χ3v) is 4.18. The lowest BCUT2D eigenvalue weighted by atomic mass is 10.0. The van der Waals surface area contributed by atoms with Crippen LogP contribution < -0.4 is 4.74 Å². The van der Waals surface area contributed by atoms with Crippen molar-refractivity contribution in [1.29, 1.82) is 0 Å². The quantitative estimate of drug-likeness (QED) is 0.764. The molecule has 0 spiro atoms. The second-order valence-corrected chi connectivity index (χ2v) is 5.85. The molecule has 0 N–H and O–H groups in total. The van der Waals surface area contributed by atoms with E-state index in [0.29, 0.717) is 39.2 Å². The van der Waals surface area contributed by atoms with Crippen LogP contribution in [0, 0.1) is 0 Å². The van der Waals surface area contributed by atoms with E-state index >= 15 is 0 Å². The second kappa shape index (κ2) is 8.50. The van der Waals surface area contributed by atoms with Gasteiger partial charge in [0, 0.05) is 13.0 Å². The first-order valence-electron chi connectivity index (χ1n) is 8.44. The molecule has 1 amide bonds. The van der Waals surface area contributed by atoms with Crippen molar-refractivity contribution in [2.45, 2.75) is 18.9 Å². The highest BCUT2D eigenvalue weighted by Gasteiger charge is 2.27. The van der Waals surface area contributed by atoms with Crippen LogP contribution in [-0.2, 0) is 9.53 Å². The van der Waals surface area contributed by atoms with Crippen molar-refractivity contribution in [3.05, 3.63) is 66.2 Å². The molecule has 2 aromatic carbocycles. The summed E-state index contributed by atoms with van der Waals surface area (Å²) in [7, 11) is 0. The zero-order valence-electron chi connectivity index (χ0n) is 13.8. The molecule has 0 aromatic heterocycles. The molecule has 0 aliphatic carbocycles. The van der Waals surface area contributed by atoms with Crippen molar-refractivity contribution < 1.29 is 14.3 Å². The monoisotopic (exact) mass is 325 g/mol. The van der Waals surface area contributed by atoms with Crippen LogP contribution >= 0.6 is 0 Å². The van der Waals surface area contributed by atoms with Crippen LogP contribution in [0.1, 0.15) is 24.4 Å². The van der Waals surface area contributed by atoms with Gasteiger partial charge in [0.15, 0.2) is 0 Å². The molecule has 1 aliphatic rings. The van der Waals surface area contributed by atoms with Crippen LogP contribution in [0.25, 0.3) is 0 Å². The number of para-hydroxylation sites is 1. The molecular formula is C20H23NO3. The Hall–Kier alpha value is -2.33. The third kappa shape index (κ3) is 4.36. The van der Waals surface area contributed by atoms with Gasteiger partial charge in [0.2, 0.25) is 5.91 Å². The van der Waals surface area contributed by atoms with Crippen molar-refractivity contribution >= 4 is 5.91 Å². The summed E-state index contributed by atoms with van der Waals surface area (Å²) in [6.45, 7) is 2.37. The molecular weight excluding hydrogens is 302 g/mol. The van der Waals surface area contributed by atoms with Gasteiger partial charge < -0.3 is 14.4 Å². The molecule has 1 aliphatic heterocycles. The highest BCUT2D eigenvalue weighted by molar-refractivity contribution is 5.76. The van der Waals surface area contributed by atoms with Crippen molar-refractivity contribution in [2.75, 3.05) is 26.4 Å². The minimum Gasteiger partial charge on any atom is -0.494 e. The second-order valence-electron chi connectivity index (χ2n) is 5.85. The summed E-state index contributed by atoms with van der Waals surface area (Å²) in [5.74, 6) is 1.02. The summed E-state index contributed by atoms with van der Waals surface area (Å²) >= 11 is 0. The van der Waals surface area contributed by atoms with Gasteiger partial charge in [0.1, 0.15) is 5.75 Å². The summed E-state index contributed by atoms with van der Waals surface area (Å²) in [5, 5.41) is 0. The molecule has 4 nitrogen and oxygen atoms in total. The van der Waals surface area contributed by atoms with Gasteiger partial charge in [0.25, 0.3) is 0 Å². The Morgan fingerprint density at radius 3 is 2.54 bits per heavy atom. The Kier molecular flexibility index (Phi) is 5.85. The standard InChI is InChI=1S/C20H23NO3/c22-20(12-7-14-24-18-10-5-2-6-11-18)21-13-15-23-16-19(21)17-8-3-1-4-9-17/h1-6,8-11,19H,7,12-16H2. The number of amides is 1. The van der Waals surface area contributed by atoms with Gasteiger partial charge in [-0.05, 0) is 24.1 Å². The normalized spacial score (nSPS) is 17.5. The van der Waals surface area contributed by atoms with E-state index in [9.17, 15) is 4.79 Å². The summed E-state index contributed by atoms with van der Waals surface area (Å²) < 4.78 is 11.2. The predicted octanol–water partition coefficient (Wildman–Crippen LogP) is 3.45. The fourth-order valence-corrected chi connectivity index (χ4v) is 2.93. The van der Waals surface area contributed by atoms with Gasteiger partial charge in [-0.25, -0.2) is 0 Å². The van der Waals surface area contributed by atoms with E-state index < -0.39 is 0 Å². The highest BCUT2D eigenvalue weighted by atomic mass is 16.5. The number of rotatable bonds is 6. The van der Waals surface area contributed by atoms with Gasteiger partial charge in [-0.1, -0.05) is 48.5 Å². The van der Waals surface area contributed by atoms with E-state index in [0.717, 1.165) is 11.3 Å². The summed E-state index contributed by atoms with van der Waals surface area (Å²) in [5.41, 5.74) is 1.13. The maximum Gasteiger partial charge on any atom is 0.223 e. The molecule has 1 fully saturated rings. The van der Waals surface area contributed by atoms with Gasteiger partial charge >= 0.3 is 0 Å². The number of carbonyl (C=O) groups excluding carboxylic acids is 1. The van der Waals surface area contributed by atoms with Crippen molar-refractivity contribution in [1.82, 2.24) is 4.90 Å². The first-order chi connectivity index (χ1) is 11.8. The minimum absolute atomic E-state index is 0.0162. The number of ether oxygens (including phenoxy) is 2. The Balaban J connectivity index is 1.51. The molecule has 126 valence electrons. The van der Waals surface area contributed by atoms with Crippen LogP contribution in [0.15, 0.2) is 60.7 Å². The van der Waals surface area contributed by atoms with Crippen LogP contribution in [0.5, 0.6) is 5.75 Å². The van der Waals surface area contributed by atoms with Gasteiger partial charge in [-0.15, -0.1) is 0 Å². The molecule has 1 saturated heterocycles. The fourth-order valence-electron chi connectivity index (χ4n) is 2.93. The molecule has 2 aromatic rings. The van der Waals surface area contributed by atoms with Gasteiger partial charge in [-0.3, -0.25) is 4.79 Å². The lowest BCUT2D eigenvalue weighted by Crippen LogP contribution is -2.43. The zero-order chi connectivity index (χ0) is 16.6. The predicted molar refractivity (Wildman–Crippen MR) is 92.9 cm³/mol. The average molecular weight is 325 g/mol. The number of morpholine rings is 1. The molecule has 0 saturated carbocycles. The van der Waals surface area contributed by atoms with Crippen LogP contribution in [0.4, 0.5) is 0 Å². The number of nitrogens with zero attached hydrogens (tertiary/aromatic N) is 1. The van der Waals surface area contributed by atoms with Crippen LogP contribution in [0.2, 0.25) is 0 Å². The van der Waals surface area contributed by atoms with E-state index in [1.807, 2.05) is 53.4 Å². The molecule has 24 heavy (non-hydrogen) atoms. The topological polar surface area (TPSA) is 38.8 Å². The Morgan fingerprint density at radius 2 is 1.79 bits per heavy atom. The van der Waals surface area contributed by atoms with Crippen molar-refractivity contribution in [2.24, 2.45) is 0 Å². The molecule has 3 rings (SSSR count). The Morgan fingerprint density at radius 1 is 1.08 bits per heavy atom. The van der Waals surface area contributed by atoms with E-state index in [-0.39, 0.29) is 11.9 Å². The van der Waals surface area contributed by atoms with E-state index in [2.05, 4.69) is 12.1 Å². The SMILES string of the molecule is O=C(CCCOc1ccccc1)N1CCOCC1c1ccccc1. The summed E-state index contributed by atoms with van der Waals surface area (Å²) in [6, 6.07) is 19.8. The Labute approximate surface area is 143 Å². The van der Waals surface area contributed by atoms with E-state index in [4.69, 9.17) is 9.47 Å². The zero-order valence-corrected chi connectivity index (χ0v) is 13.8. The average Bonchev–Trinajstić information content (AvgIpc) is 2.66. The van der Waals surface area contributed by atoms with Crippen molar-refractivity contribution in [3.63, 3.8) is 0 Å². The highest BCUT2D eigenvalue weighted by Crippen LogP contribution is 2.25. The minimum atomic E-state index is 0.0162. The van der Waals surface area contributed by atoms with Crippen LogP contribution in [0.3, 0.4) is 0 Å². The lowest BCUT2D eigenvalue weighted by Gasteiger charge is -2.36. The number of hydrogen-bond donors (Lipinski definition) is 0. The smallest absolute Gasteiger partial charge is 0.223 e. The molecule has 1 heterocycles. The van der Waals surface area contributed by atoms with Gasteiger partial charge in [-0.2, -0.15) is 0 Å². The largest absolute Gasteiger partial charge is 0.494 e. The Bertz CT molecular complexity index is 630.